The summed E-state index contributed by atoms with van der Waals surface area (Å²) in [5.41, 5.74) is 2.49. The van der Waals surface area contributed by atoms with E-state index in [1.807, 2.05) is 14.0 Å². The molecule has 5 heteroatoms. The van der Waals surface area contributed by atoms with Gasteiger partial charge in [0, 0.05) is 19.2 Å². The number of rotatable bonds is 5. The van der Waals surface area contributed by atoms with E-state index in [-0.39, 0.29) is 0 Å². The van der Waals surface area contributed by atoms with Gasteiger partial charge in [-0.2, -0.15) is 4.98 Å². The summed E-state index contributed by atoms with van der Waals surface area (Å²) in [5.74, 6) is 1.41. The van der Waals surface area contributed by atoms with Gasteiger partial charge in [-0.1, -0.05) is 30.3 Å². The molecule has 104 valence electrons. The quantitative estimate of drug-likeness (QED) is 0.773. The van der Waals surface area contributed by atoms with E-state index < -0.39 is 0 Å². The fourth-order valence-electron chi connectivity index (χ4n) is 2.45. The SMILES string of the molecule is CCc1noc(Cn2ccc3cccc(CNC)c32)n1. The van der Waals surface area contributed by atoms with Gasteiger partial charge in [0.15, 0.2) is 5.82 Å². The Kier molecular flexibility index (Phi) is 3.52. The lowest BCUT2D eigenvalue weighted by Gasteiger charge is -2.07. The topological polar surface area (TPSA) is 55.9 Å². The molecule has 3 aromatic rings. The van der Waals surface area contributed by atoms with Gasteiger partial charge in [-0.15, -0.1) is 0 Å². The van der Waals surface area contributed by atoms with Crippen LogP contribution < -0.4 is 5.32 Å². The summed E-state index contributed by atoms with van der Waals surface area (Å²) in [4.78, 5) is 4.37. The Morgan fingerprint density at radius 3 is 2.95 bits per heavy atom. The summed E-state index contributed by atoms with van der Waals surface area (Å²) in [5, 5.41) is 8.38. The largest absolute Gasteiger partial charge is 0.338 e. The average Bonchev–Trinajstić information content (AvgIpc) is 3.07. The van der Waals surface area contributed by atoms with Crippen molar-refractivity contribution in [3.05, 3.63) is 47.7 Å². The van der Waals surface area contributed by atoms with Crippen LogP contribution in [0.4, 0.5) is 0 Å². The molecule has 2 aromatic heterocycles. The molecule has 3 rings (SSSR count). The zero-order valence-electron chi connectivity index (χ0n) is 11.8. The summed E-state index contributed by atoms with van der Waals surface area (Å²) in [6, 6.07) is 8.46. The second-order valence-corrected chi connectivity index (χ2v) is 4.79. The first-order valence-corrected chi connectivity index (χ1v) is 6.84. The molecule has 20 heavy (non-hydrogen) atoms. The van der Waals surface area contributed by atoms with Crippen LogP contribution in [0.2, 0.25) is 0 Å². The van der Waals surface area contributed by atoms with Crippen molar-refractivity contribution in [1.82, 2.24) is 20.0 Å². The maximum atomic E-state index is 5.28. The van der Waals surface area contributed by atoms with Gasteiger partial charge in [0.25, 0.3) is 0 Å². The molecule has 0 spiro atoms. The smallest absolute Gasteiger partial charge is 0.246 e. The van der Waals surface area contributed by atoms with Crippen LogP contribution in [-0.4, -0.2) is 21.8 Å². The van der Waals surface area contributed by atoms with Crippen molar-refractivity contribution < 1.29 is 4.52 Å². The molecule has 5 nitrogen and oxygen atoms in total. The van der Waals surface area contributed by atoms with Gasteiger partial charge < -0.3 is 14.4 Å². The number of hydrogen-bond acceptors (Lipinski definition) is 4. The average molecular weight is 270 g/mol. The Morgan fingerprint density at radius 1 is 1.30 bits per heavy atom. The molecule has 0 aliphatic heterocycles. The van der Waals surface area contributed by atoms with Crippen molar-refractivity contribution in [1.29, 1.82) is 0 Å². The third-order valence-corrected chi connectivity index (χ3v) is 3.37. The second kappa shape index (κ2) is 5.46. The van der Waals surface area contributed by atoms with Gasteiger partial charge in [-0.05, 0) is 24.1 Å². The van der Waals surface area contributed by atoms with E-state index in [1.54, 1.807) is 0 Å². The Labute approximate surface area is 117 Å². The van der Waals surface area contributed by atoms with Gasteiger partial charge >= 0.3 is 0 Å². The minimum absolute atomic E-state index is 0.608. The normalized spacial score (nSPS) is 11.3. The molecule has 0 fully saturated rings. The number of aryl methyl sites for hydroxylation is 1. The zero-order valence-corrected chi connectivity index (χ0v) is 11.8. The predicted octanol–water partition coefficient (Wildman–Crippen LogP) is 2.35. The van der Waals surface area contributed by atoms with Crippen LogP contribution in [0.3, 0.4) is 0 Å². The van der Waals surface area contributed by atoms with E-state index in [0.29, 0.717) is 12.4 Å². The van der Waals surface area contributed by atoms with E-state index in [1.165, 1.54) is 16.5 Å². The highest BCUT2D eigenvalue weighted by Crippen LogP contribution is 2.21. The maximum Gasteiger partial charge on any atom is 0.246 e. The predicted molar refractivity (Wildman–Crippen MR) is 77.5 cm³/mol. The lowest BCUT2D eigenvalue weighted by molar-refractivity contribution is 0.368. The zero-order chi connectivity index (χ0) is 13.9. The van der Waals surface area contributed by atoms with Crippen LogP contribution in [0, 0.1) is 0 Å². The van der Waals surface area contributed by atoms with Crippen LogP contribution in [0.1, 0.15) is 24.2 Å². The Bertz CT molecular complexity index is 714. The van der Waals surface area contributed by atoms with Crippen molar-refractivity contribution in [2.24, 2.45) is 0 Å². The number of fused-ring (bicyclic) bond motifs is 1. The molecule has 0 saturated carbocycles. The number of benzene rings is 1. The molecule has 0 amide bonds. The first-order valence-electron chi connectivity index (χ1n) is 6.84. The molecular formula is C15H18N4O. The molecule has 0 unspecified atom stereocenters. The Morgan fingerprint density at radius 2 is 2.20 bits per heavy atom. The number of hydrogen-bond donors (Lipinski definition) is 1. The minimum atomic E-state index is 0.608. The third-order valence-electron chi connectivity index (χ3n) is 3.37. The van der Waals surface area contributed by atoms with Gasteiger partial charge in [0.1, 0.15) is 6.54 Å². The van der Waals surface area contributed by atoms with E-state index in [2.05, 4.69) is 50.5 Å². The van der Waals surface area contributed by atoms with Crippen LogP contribution in [0.5, 0.6) is 0 Å². The fourth-order valence-corrected chi connectivity index (χ4v) is 2.45. The van der Waals surface area contributed by atoms with Gasteiger partial charge in [-0.25, -0.2) is 0 Å². The second-order valence-electron chi connectivity index (χ2n) is 4.79. The molecular weight excluding hydrogens is 252 g/mol. The Hall–Kier alpha value is -2.14. The van der Waals surface area contributed by atoms with Crippen LogP contribution >= 0.6 is 0 Å². The molecule has 1 aromatic carbocycles. The van der Waals surface area contributed by atoms with E-state index in [9.17, 15) is 0 Å². The molecule has 1 N–H and O–H groups in total. The lowest BCUT2D eigenvalue weighted by Crippen LogP contribution is -2.08. The van der Waals surface area contributed by atoms with Gasteiger partial charge in [-0.3, -0.25) is 0 Å². The van der Waals surface area contributed by atoms with Crippen LogP contribution in [-0.2, 0) is 19.5 Å². The Balaban J connectivity index is 1.98. The van der Waals surface area contributed by atoms with Crippen molar-refractivity contribution in [3.63, 3.8) is 0 Å². The first kappa shape index (κ1) is 12.9. The molecule has 0 saturated heterocycles. The highest BCUT2D eigenvalue weighted by atomic mass is 16.5. The van der Waals surface area contributed by atoms with E-state index in [0.717, 1.165) is 18.8 Å². The highest BCUT2D eigenvalue weighted by molar-refractivity contribution is 5.83. The number of para-hydroxylation sites is 1. The van der Waals surface area contributed by atoms with Crippen molar-refractivity contribution in [2.45, 2.75) is 26.4 Å². The molecule has 2 heterocycles. The van der Waals surface area contributed by atoms with Crippen molar-refractivity contribution >= 4 is 10.9 Å². The molecule has 0 bridgehead atoms. The molecule has 0 radical (unpaired) electrons. The minimum Gasteiger partial charge on any atom is -0.338 e. The third kappa shape index (κ3) is 2.32. The summed E-state index contributed by atoms with van der Waals surface area (Å²) >= 11 is 0. The first-order chi connectivity index (χ1) is 9.81. The standard InChI is InChI=1S/C15H18N4O/c1-3-13-17-14(20-18-13)10-19-8-7-11-5-4-6-12(9-16-2)15(11)19/h4-8,16H,3,9-10H2,1-2H3. The summed E-state index contributed by atoms with van der Waals surface area (Å²) in [6.07, 6.45) is 2.86. The molecule has 0 atom stereocenters. The lowest BCUT2D eigenvalue weighted by atomic mass is 10.1. The fraction of sp³-hybridized carbons (Fsp3) is 0.333. The van der Waals surface area contributed by atoms with Gasteiger partial charge in [0.05, 0.1) is 5.52 Å². The summed E-state index contributed by atoms with van der Waals surface area (Å²) in [7, 11) is 1.96. The van der Waals surface area contributed by atoms with Crippen molar-refractivity contribution in [2.75, 3.05) is 7.05 Å². The molecule has 0 aliphatic carbocycles. The highest BCUT2D eigenvalue weighted by Gasteiger charge is 2.10. The van der Waals surface area contributed by atoms with Crippen LogP contribution in [0.25, 0.3) is 10.9 Å². The van der Waals surface area contributed by atoms with E-state index >= 15 is 0 Å². The maximum absolute atomic E-state index is 5.28. The summed E-state index contributed by atoms with van der Waals surface area (Å²) in [6.45, 7) is 3.47. The summed E-state index contributed by atoms with van der Waals surface area (Å²) < 4.78 is 7.44. The number of nitrogens with one attached hydrogen (secondary N) is 1. The van der Waals surface area contributed by atoms with E-state index in [4.69, 9.17) is 4.52 Å². The van der Waals surface area contributed by atoms with Crippen molar-refractivity contribution in [3.8, 4) is 0 Å². The monoisotopic (exact) mass is 270 g/mol. The van der Waals surface area contributed by atoms with Gasteiger partial charge in [0.2, 0.25) is 5.89 Å². The number of aromatic nitrogens is 3. The van der Waals surface area contributed by atoms with Crippen LogP contribution in [0.15, 0.2) is 35.0 Å². The molecule has 0 aliphatic rings. The number of nitrogens with zero attached hydrogens (tertiary/aromatic N) is 3.